The first-order valence-corrected chi connectivity index (χ1v) is 23.0. The van der Waals surface area contributed by atoms with E-state index in [0.717, 1.165) is 44.0 Å². The van der Waals surface area contributed by atoms with Crippen LogP contribution in [0.2, 0.25) is 10.0 Å². The van der Waals surface area contributed by atoms with Crippen molar-refractivity contribution >= 4 is 148 Å². The van der Waals surface area contributed by atoms with Crippen molar-refractivity contribution in [1.82, 2.24) is 0 Å². The van der Waals surface area contributed by atoms with Gasteiger partial charge in [-0.05, 0) is 71.8 Å². The van der Waals surface area contributed by atoms with Crippen molar-refractivity contribution in [3.63, 3.8) is 0 Å². The summed E-state index contributed by atoms with van der Waals surface area (Å²) in [5, 5.41) is 3.12. The van der Waals surface area contributed by atoms with Crippen LogP contribution < -0.4 is 31.6 Å². The lowest BCUT2D eigenvalue weighted by Gasteiger charge is -2.19. The molecular formula is C28H32Cl4N4O2S9. The van der Waals surface area contributed by atoms with E-state index < -0.39 is 0 Å². The SMILES string of the molecule is COc1ccc(N(N)Cc2ccccc2Cl)cc1.COc1ccc(NN)cc1.Cl.ClCc1ccccc1Cl.S=S=S=S.S=S=S=S=S. The molecule has 0 radical (unpaired) electrons. The number of benzene rings is 4. The van der Waals surface area contributed by atoms with Gasteiger partial charge in [0.2, 0.25) is 0 Å². The van der Waals surface area contributed by atoms with E-state index in [0.29, 0.717) is 12.4 Å². The maximum atomic E-state index is 6.10. The van der Waals surface area contributed by atoms with Crippen molar-refractivity contribution in [3.8, 4) is 11.5 Å². The van der Waals surface area contributed by atoms with Crippen LogP contribution in [0.4, 0.5) is 11.4 Å². The van der Waals surface area contributed by atoms with Gasteiger partial charge in [0.1, 0.15) is 11.5 Å². The second-order valence-corrected chi connectivity index (χ2v) is 17.8. The van der Waals surface area contributed by atoms with Crippen molar-refractivity contribution in [1.29, 1.82) is 0 Å². The van der Waals surface area contributed by atoms with Crippen LogP contribution in [0.25, 0.3) is 0 Å². The fourth-order valence-corrected chi connectivity index (χ4v) is 6.42. The van der Waals surface area contributed by atoms with E-state index in [4.69, 9.17) is 56.0 Å². The molecule has 0 heterocycles. The number of nitrogen functional groups attached to an aromatic ring is 1. The van der Waals surface area contributed by atoms with Crippen LogP contribution in [-0.4, -0.2) is 14.2 Å². The molecule has 258 valence electrons. The monoisotopic (exact) mass is 884 g/mol. The Morgan fingerprint density at radius 3 is 1.43 bits per heavy atom. The zero-order chi connectivity index (χ0) is 34.6. The van der Waals surface area contributed by atoms with Gasteiger partial charge in [-0.3, -0.25) is 5.84 Å². The largest absolute Gasteiger partial charge is 0.497 e. The molecule has 0 aliphatic carbocycles. The van der Waals surface area contributed by atoms with Gasteiger partial charge in [-0.25, -0.2) is 5.84 Å². The summed E-state index contributed by atoms with van der Waals surface area (Å²) in [6, 6.07) is 30.2. The highest BCUT2D eigenvalue weighted by molar-refractivity contribution is 8.59. The molecule has 0 saturated heterocycles. The predicted molar refractivity (Wildman–Crippen MR) is 230 cm³/mol. The summed E-state index contributed by atoms with van der Waals surface area (Å²) >= 11 is 34.9. The van der Waals surface area contributed by atoms with Crippen LogP contribution in [0, 0.1) is 0 Å². The van der Waals surface area contributed by atoms with E-state index in [1.807, 2.05) is 97.1 Å². The predicted octanol–water partition coefficient (Wildman–Crippen LogP) is 7.69. The highest BCUT2D eigenvalue weighted by Gasteiger charge is 2.05. The van der Waals surface area contributed by atoms with Gasteiger partial charge >= 0.3 is 0 Å². The topological polar surface area (TPSA) is 85.8 Å². The number of methoxy groups -OCH3 is 2. The molecule has 4 aromatic rings. The maximum Gasteiger partial charge on any atom is 0.119 e. The van der Waals surface area contributed by atoms with Crippen molar-refractivity contribution in [2.75, 3.05) is 24.7 Å². The second-order valence-electron chi connectivity index (χ2n) is 7.86. The summed E-state index contributed by atoms with van der Waals surface area (Å²) < 4.78 is 10.1. The number of nitrogens with one attached hydrogen (secondary N) is 1. The average molecular weight is 887 g/mol. The number of nitrogens with zero attached hydrogens (tertiary/aromatic N) is 1. The first-order chi connectivity index (χ1) is 22.2. The molecule has 6 nitrogen and oxygen atoms in total. The summed E-state index contributed by atoms with van der Waals surface area (Å²) in [5.74, 6) is 13.3. The zero-order valence-corrected chi connectivity index (χ0v) is 35.2. The number of halogens is 4. The quantitative estimate of drug-likeness (QED) is 0.0977. The summed E-state index contributed by atoms with van der Waals surface area (Å²) in [6.45, 7) is 0.562. The average Bonchev–Trinajstić information content (AvgIpc) is 3.11. The molecule has 4 aromatic carbocycles. The number of hydrogen-bond acceptors (Lipinski definition) is 10. The molecule has 4 rings (SSSR count). The lowest BCUT2D eigenvalue weighted by atomic mass is 10.2. The molecule has 0 atom stereocenters. The van der Waals surface area contributed by atoms with Crippen LogP contribution in [-0.2, 0) is 102 Å². The van der Waals surface area contributed by atoms with Crippen LogP contribution in [0.3, 0.4) is 0 Å². The van der Waals surface area contributed by atoms with E-state index in [2.05, 4.69) is 50.2 Å². The summed E-state index contributed by atoms with van der Waals surface area (Å²) in [6.07, 6.45) is 0. The molecule has 0 aliphatic rings. The number of alkyl halides is 1. The van der Waals surface area contributed by atoms with Gasteiger partial charge in [0, 0.05) is 111 Å². The molecule has 19 heteroatoms. The van der Waals surface area contributed by atoms with Gasteiger partial charge in [-0.1, -0.05) is 59.6 Å². The molecule has 0 amide bonds. The number of rotatable bonds is 7. The molecule has 0 unspecified atom stereocenters. The number of hydrazine groups is 2. The fraction of sp³-hybridized carbons (Fsp3) is 0.143. The number of nitrogens with two attached hydrogens (primary N) is 2. The third-order valence-electron chi connectivity index (χ3n) is 5.14. The standard InChI is InChI=1S/C14H15ClN2O.C7H6Cl2.C7H10N2O.ClH.S5.S4/c1-18-13-8-6-12(7-9-13)17(16)10-11-4-2-3-5-14(11)15;8-5-6-3-1-2-4-7(6)9;1-10-7-4-2-6(9-8)3-5-7;;1-3-5-4-2;1-3-4-2/h2-9H,10,16H2,1H3;1-4H,5H2;2-5,9H,8H2,1H3;1H;;. The number of ether oxygens (including phenoxy) is 2. The minimum absolute atomic E-state index is 0. The van der Waals surface area contributed by atoms with E-state index >= 15 is 0 Å². The van der Waals surface area contributed by atoms with E-state index in [-0.39, 0.29) is 12.4 Å². The molecule has 0 bridgehead atoms. The smallest absolute Gasteiger partial charge is 0.119 e. The lowest BCUT2D eigenvalue weighted by molar-refractivity contribution is 0.414. The molecule has 0 aliphatic heterocycles. The van der Waals surface area contributed by atoms with E-state index in [1.165, 1.54) is 44.4 Å². The number of hydrogen-bond donors (Lipinski definition) is 3. The Morgan fingerprint density at radius 2 is 1.11 bits per heavy atom. The third kappa shape index (κ3) is 23.2. The highest BCUT2D eigenvalue weighted by Crippen LogP contribution is 2.21. The molecule has 0 fully saturated rings. The minimum atomic E-state index is 0. The van der Waals surface area contributed by atoms with Crippen molar-refractivity contribution < 1.29 is 9.47 Å². The van der Waals surface area contributed by atoms with Crippen LogP contribution in [0.15, 0.2) is 97.1 Å². The van der Waals surface area contributed by atoms with Gasteiger partial charge in [-0.2, -0.15) is 0 Å². The molecule has 0 spiro atoms. The number of anilines is 2. The van der Waals surface area contributed by atoms with E-state index in [9.17, 15) is 0 Å². The van der Waals surface area contributed by atoms with E-state index in [1.54, 1.807) is 19.2 Å². The van der Waals surface area contributed by atoms with Gasteiger partial charge in [0.15, 0.2) is 0 Å². The summed E-state index contributed by atoms with van der Waals surface area (Å²) in [5.41, 5.74) is 6.30. The minimum Gasteiger partial charge on any atom is -0.497 e. The van der Waals surface area contributed by atoms with Crippen molar-refractivity contribution in [2.45, 2.75) is 12.4 Å². The molecule has 5 N–H and O–H groups in total. The van der Waals surface area contributed by atoms with Gasteiger partial charge < -0.3 is 19.9 Å². The van der Waals surface area contributed by atoms with Crippen LogP contribution >= 0.6 is 47.2 Å². The Kier molecular flexibility index (Phi) is 33.2. The van der Waals surface area contributed by atoms with Gasteiger partial charge in [0.05, 0.1) is 26.5 Å². The third-order valence-corrected chi connectivity index (χ3v) is 12.8. The molecule has 47 heavy (non-hydrogen) atoms. The Hall–Kier alpha value is -0.860. The Morgan fingerprint density at radius 1 is 0.681 bits per heavy atom. The van der Waals surface area contributed by atoms with Crippen LogP contribution in [0.1, 0.15) is 11.1 Å². The first-order valence-electron chi connectivity index (χ1n) is 12.4. The fourth-order valence-electron chi connectivity index (χ4n) is 2.98. The Bertz CT molecular complexity index is 1590. The second kappa shape index (κ2) is 32.4. The summed E-state index contributed by atoms with van der Waals surface area (Å²) in [4.78, 5) is 0. The van der Waals surface area contributed by atoms with Crippen molar-refractivity contribution in [3.05, 3.63) is 118 Å². The normalized spacial score (nSPS) is 8.66. The molecule has 0 aromatic heterocycles. The Labute approximate surface area is 332 Å². The zero-order valence-electron chi connectivity index (χ0n) is 24.8. The first kappa shape index (κ1) is 48.3. The van der Waals surface area contributed by atoms with Crippen LogP contribution in [0.5, 0.6) is 11.5 Å². The van der Waals surface area contributed by atoms with Gasteiger partial charge in [-0.15, -0.1) is 24.0 Å². The van der Waals surface area contributed by atoms with Gasteiger partial charge in [0.25, 0.3) is 0 Å². The van der Waals surface area contributed by atoms with Crippen molar-refractivity contribution in [2.24, 2.45) is 11.7 Å². The Balaban J connectivity index is 0. The highest BCUT2D eigenvalue weighted by atomic mass is 35.5. The maximum absolute atomic E-state index is 6.10. The molecular weight excluding hydrogens is 855 g/mol. The summed E-state index contributed by atoms with van der Waals surface area (Å²) in [7, 11) is 9.56. The molecule has 0 saturated carbocycles. The lowest BCUT2D eigenvalue weighted by Crippen LogP contribution is -2.30.